The van der Waals surface area contributed by atoms with Gasteiger partial charge in [-0.05, 0) is 38.4 Å². The lowest BCUT2D eigenvalue weighted by Crippen LogP contribution is -2.38. The molecule has 1 N–H and O–H groups in total. The van der Waals surface area contributed by atoms with Crippen LogP contribution in [0.5, 0.6) is 0 Å². The monoisotopic (exact) mass is 308 g/mol. The topological polar surface area (TPSA) is 53.8 Å². The average molecular weight is 308 g/mol. The van der Waals surface area contributed by atoms with Gasteiger partial charge in [0.1, 0.15) is 0 Å². The van der Waals surface area contributed by atoms with Gasteiger partial charge in [-0.1, -0.05) is 0 Å². The predicted octanol–water partition coefficient (Wildman–Crippen LogP) is 0.431. The Bertz CT molecular complexity index is 420. The number of aromatic nitrogens is 2. The number of ether oxygens (including phenoxy) is 1. The fraction of sp³-hybridized carbons (Fsp3) is 0.812. The van der Waals surface area contributed by atoms with E-state index in [1.807, 2.05) is 12.3 Å². The van der Waals surface area contributed by atoms with E-state index in [2.05, 4.69) is 14.9 Å². The molecule has 6 heteroatoms. The van der Waals surface area contributed by atoms with Crippen molar-refractivity contribution in [2.24, 2.45) is 0 Å². The second-order valence-corrected chi connectivity index (χ2v) is 6.47. The van der Waals surface area contributed by atoms with Gasteiger partial charge in [0.05, 0.1) is 18.8 Å². The summed E-state index contributed by atoms with van der Waals surface area (Å²) in [6, 6.07) is 1.89. The minimum Gasteiger partial charge on any atom is -0.390 e. The van der Waals surface area contributed by atoms with E-state index in [4.69, 9.17) is 4.74 Å². The van der Waals surface area contributed by atoms with Crippen molar-refractivity contribution in [2.75, 3.05) is 45.9 Å². The van der Waals surface area contributed by atoms with Gasteiger partial charge in [-0.3, -0.25) is 14.5 Å². The number of aliphatic hydroxyl groups excluding tert-OH is 1. The molecule has 2 aliphatic heterocycles. The molecule has 2 saturated heterocycles. The van der Waals surface area contributed by atoms with Gasteiger partial charge < -0.3 is 9.84 Å². The molecule has 6 nitrogen and oxygen atoms in total. The number of rotatable bonds is 6. The van der Waals surface area contributed by atoms with Crippen molar-refractivity contribution in [3.63, 3.8) is 0 Å². The van der Waals surface area contributed by atoms with Crippen LogP contribution < -0.4 is 0 Å². The lowest BCUT2D eigenvalue weighted by Gasteiger charge is -2.25. The van der Waals surface area contributed by atoms with Gasteiger partial charge in [0.25, 0.3) is 0 Å². The maximum absolute atomic E-state index is 10.2. The zero-order valence-corrected chi connectivity index (χ0v) is 13.3. The molecule has 1 aromatic rings. The molecule has 3 heterocycles. The Morgan fingerprint density at radius 3 is 2.77 bits per heavy atom. The van der Waals surface area contributed by atoms with Crippen molar-refractivity contribution in [1.82, 2.24) is 19.6 Å². The molecule has 0 unspecified atom stereocenters. The number of hydrogen-bond acceptors (Lipinski definition) is 5. The second-order valence-electron chi connectivity index (χ2n) is 6.47. The Kier molecular flexibility index (Phi) is 5.83. The summed E-state index contributed by atoms with van der Waals surface area (Å²) in [4.78, 5) is 4.90. The average Bonchev–Trinajstić information content (AvgIpc) is 3.13. The standard InChI is InChI=1S/C16H28N4O2/c21-15(13-20-8-2-5-17-20)12-18-6-3-7-19(10-9-18)14-16-4-1-11-22-16/h2,5,8,15-16,21H,1,3-4,6-7,9-14H2/t15-,16-/m0/s1. The third-order valence-electron chi connectivity index (χ3n) is 4.59. The molecule has 0 saturated carbocycles. The smallest absolute Gasteiger partial charge is 0.0862 e. The van der Waals surface area contributed by atoms with Gasteiger partial charge >= 0.3 is 0 Å². The van der Waals surface area contributed by atoms with Gasteiger partial charge in [0.15, 0.2) is 0 Å². The maximum atomic E-state index is 10.2. The lowest BCUT2D eigenvalue weighted by atomic mass is 10.2. The summed E-state index contributed by atoms with van der Waals surface area (Å²) < 4.78 is 7.54. The Labute approximate surface area is 132 Å². The molecule has 0 aromatic carbocycles. The summed E-state index contributed by atoms with van der Waals surface area (Å²) in [6.07, 6.45) is 7.33. The highest BCUT2D eigenvalue weighted by atomic mass is 16.5. The molecule has 0 radical (unpaired) electrons. The third kappa shape index (κ3) is 4.78. The van der Waals surface area contributed by atoms with Gasteiger partial charge in [-0.15, -0.1) is 0 Å². The van der Waals surface area contributed by atoms with Crippen molar-refractivity contribution < 1.29 is 9.84 Å². The van der Waals surface area contributed by atoms with Crippen LogP contribution in [-0.2, 0) is 11.3 Å². The van der Waals surface area contributed by atoms with Crippen LogP contribution in [-0.4, -0.2) is 82.8 Å². The lowest BCUT2D eigenvalue weighted by molar-refractivity contribution is 0.0716. The zero-order chi connectivity index (χ0) is 15.2. The van der Waals surface area contributed by atoms with Crippen LogP contribution in [0, 0.1) is 0 Å². The summed E-state index contributed by atoms with van der Waals surface area (Å²) in [6.45, 7) is 7.63. The highest BCUT2D eigenvalue weighted by Gasteiger charge is 2.22. The number of nitrogens with zero attached hydrogens (tertiary/aromatic N) is 4. The van der Waals surface area contributed by atoms with Crippen molar-refractivity contribution >= 4 is 0 Å². The third-order valence-corrected chi connectivity index (χ3v) is 4.59. The van der Waals surface area contributed by atoms with E-state index in [1.165, 1.54) is 19.3 Å². The molecule has 22 heavy (non-hydrogen) atoms. The Hall–Kier alpha value is -0.950. The van der Waals surface area contributed by atoms with Crippen molar-refractivity contribution in [2.45, 2.75) is 38.0 Å². The van der Waals surface area contributed by atoms with Crippen molar-refractivity contribution in [1.29, 1.82) is 0 Å². The van der Waals surface area contributed by atoms with Crippen LogP contribution in [0.4, 0.5) is 0 Å². The molecule has 0 amide bonds. The Balaban J connectivity index is 1.39. The SMILES string of the molecule is O[C@@H](CN1CCCN(C[C@@H]2CCCO2)CC1)Cn1cccn1. The highest BCUT2D eigenvalue weighted by Crippen LogP contribution is 2.14. The van der Waals surface area contributed by atoms with E-state index >= 15 is 0 Å². The molecule has 124 valence electrons. The summed E-state index contributed by atoms with van der Waals surface area (Å²) in [5.41, 5.74) is 0. The first-order chi connectivity index (χ1) is 10.8. The van der Waals surface area contributed by atoms with Crippen molar-refractivity contribution in [3.05, 3.63) is 18.5 Å². The molecule has 0 spiro atoms. The van der Waals surface area contributed by atoms with Gasteiger partial charge in [-0.2, -0.15) is 5.10 Å². The summed E-state index contributed by atoms with van der Waals surface area (Å²) in [7, 11) is 0. The first kappa shape index (κ1) is 15.9. The fourth-order valence-corrected chi connectivity index (χ4v) is 3.45. The van der Waals surface area contributed by atoms with E-state index in [0.717, 1.165) is 45.9 Å². The van der Waals surface area contributed by atoms with Crippen LogP contribution >= 0.6 is 0 Å². The molecule has 0 bridgehead atoms. The number of β-amino-alcohol motifs (C(OH)–C–C–N with tert-alkyl or cyclic N) is 1. The van der Waals surface area contributed by atoms with Crippen LogP contribution in [0.15, 0.2) is 18.5 Å². The van der Waals surface area contributed by atoms with E-state index < -0.39 is 0 Å². The normalized spacial score (nSPS) is 26.1. The predicted molar refractivity (Wildman–Crippen MR) is 84.7 cm³/mol. The van der Waals surface area contributed by atoms with E-state index in [1.54, 1.807) is 10.9 Å². The molecule has 3 rings (SSSR count). The van der Waals surface area contributed by atoms with Crippen LogP contribution in [0.3, 0.4) is 0 Å². The second kappa shape index (κ2) is 8.06. The highest BCUT2D eigenvalue weighted by molar-refractivity contribution is 4.80. The van der Waals surface area contributed by atoms with Crippen LogP contribution in [0.25, 0.3) is 0 Å². The Morgan fingerprint density at radius 1 is 1.14 bits per heavy atom. The first-order valence-electron chi connectivity index (χ1n) is 8.51. The summed E-state index contributed by atoms with van der Waals surface area (Å²) >= 11 is 0. The molecule has 0 aliphatic carbocycles. The molecule has 2 fully saturated rings. The molecular weight excluding hydrogens is 280 g/mol. The van der Waals surface area contributed by atoms with Gasteiger partial charge in [0, 0.05) is 45.2 Å². The minimum atomic E-state index is -0.357. The van der Waals surface area contributed by atoms with Gasteiger partial charge in [-0.25, -0.2) is 0 Å². The molecule has 2 atom stereocenters. The molecular formula is C16H28N4O2. The van der Waals surface area contributed by atoms with Gasteiger partial charge in [0.2, 0.25) is 0 Å². The fourth-order valence-electron chi connectivity index (χ4n) is 3.45. The quantitative estimate of drug-likeness (QED) is 0.826. The molecule has 1 aromatic heterocycles. The maximum Gasteiger partial charge on any atom is 0.0862 e. The summed E-state index contributed by atoms with van der Waals surface area (Å²) in [5.74, 6) is 0. The Morgan fingerprint density at radius 2 is 2.00 bits per heavy atom. The van der Waals surface area contributed by atoms with Crippen LogP contribution in [0.1, 0.15) is 19.3 Å². The zero-order valence-electron chi connectivity index (χ0n) is 13.3. The number of hydrogen-bond donors (Lipinski definition) is 1. The summed E-state index contributed by atoms with van der Waals surface area (Å²) in [5, 5.41) is 14.4. The molecule has 2 aliphatic rings. The van der Waals surface area contributed by atoms with E-state index in [-0.39, 0.29) is 6.10 Å². The van der Waals surface area contributed by atoms with Crippen LogP contribution in [0.2, 0.25) is 0 Å². The van der Waals surface area contributed by atoms with E-state index in [0.29, 0.717) is 12.6 Å². The first-order valence-corrected chi connectivity index (χ1v) is 8.51. The number of aliphatic hydroxyl groups is 1. The minimum absolute atomic E-state index is 0.357. The van der Waals surface area contributed by atoms with E-state index in [9.17, 15) is 5.11 Å². The largest absolute Gasteiger partial charge is 0.390 e. The van der Waals surface area contributed by atoms with Crippen molar-refractivity contribution in [3.8, 4) is 0 Å².